The average molecular weight is 369 g/mol. The highest BCUT2D eigenvalue weighted by atomic mass is 32.1. The molecule has 8 nitrogen and oxygen atoms in total. The molecule has 9 heteroatoms. The largest absolute Gasteiger partial charge is 0.364 e. The van der Waals surface area contributed by atoms with Crippen LogP contribution in [0, 0.1) is 0 Å². The number of amides is 3. The first-order valence-corrected chi connectivity index (χ1v) is 8.43. The summed E-state index contributed by atoms with van der Waals surface area (Å²) >= 11 is 1.27. The number of aromatic nitrogens is 2. The minimum absolute atomic E-state index is 0.179. The molecule has 3 amide bonds. The molecule has 132 valence electrons. The second-order valence-corrected chi connectivity index (χ2v) is 6.27. The van der Waals surface area contributed by atoms with E-state index in [0.717, 1.165) is 0 Å². The van der Waals surface area contributed by atoms with E-state index in [4.69, 9.17) is 5.73 Å². The topological polar surface area (TPSA) is 130 Å². The summed E-state index contributed by atoms with van der Waals surface area (Å²) < 4.78 is 0. The minimum atomic E-state index is -0.553. The monoisotopic (exact) mass is 369 g/mol. The number of H-pyrrole nitrogens is 1. The Morgan fingerprint density at radius 1 is 1.15 bits per heavy atom. The van der Waals surface area contributed by atoms with Crippen LogP contribution < -0.4 is 16.4 Å². The zero-order valence-corrected chi connectivity index (χ0v) is 14.5. The number of carbonyl (C=O) groups is 3. The van der Waals surface area contributed by atoms with Crippen LogP contribution in [0.5, 0.6) is 0 Å². The molecule has 0 spiro atoms. The summed E-state index contributed by atoms with van der Waals surface area (Å²) in [5.41, 5.74) is 7.88. The van der Waals surface area contributed by atoms with Crippen molar-refractivity contribution in [1.82, 2.24) is 9.97 Å². The summed E-state index contributed by atoms with van der Waals surface area (Å²) in [6.45, 7) is 1.41. The van der Waals surface area contributed by atoms with Gasteiger partial charge in [0.05, 0.1) is 5.69 Å². The van der Waals surface area contributed by atoms with Crippen LogP contribution in [0.1, 0.15) is 27.8 Å². The molecule has 5 N–H and O–H groups in total. The van der Waals surface area contributed by atoms with Crippen molar-refractivity contribution in [2.24, 2.45) is 5.73 Å². The second-order valence-electron chi connectivity index (χ2n) is 5.42. The molecule has 0 fully saturated rings. The van der Waals surface area contributed by atoms with Crippen LogP contribution >= 0.6 is 11.3 Å². The van der Waals surface area contributed by atoms with E-state index < -0.39 is 5.91 Å². The zero-order valence-electron chi connectivity index (χ0n) is 13.7. The quantitative estimate of drug-likeness (QED) is 0.550. The van der Waals surface area contributed by atoms with Crippen LogP contribution in [0.25, 0.3) is 11.3 Å². The molecule has 0 aliphatic rings. The van der Waals surface area contributed by atoms with Gasteiger partial charge in [0.25, 0.3) is 11.8 Å². The first-order chi connectivity index (χ1) is 12.4. The predicted molar refractivity (Wildman–Crippen MR) is 99.1 cm³/mol. The number of thiazole rings is 1. The van der Waals surface area contributed by atoms with Gasteiger partial charge in [-0.1, -0.05) is 0 Å². The molecule has 0 atom stereocenters. The Bertz CT molecular complexity index is 974. The van der Waals surface area contributed by atoms with E-state index in [-0.39, 0.29) is 17.5 Å². The number of nitrogens with two attached hydrogens (primary N) is 1. The van der Waals surface area contributed by atoms with Crippen LogP contribution in [-0.2, 0) is 4.79 Å². The maximum Gasteiger partial charge on any atom is 0.265 e. The fraction of sp³-hybridized carbons (Fsp3) is 0.0588. The van der Waals surface area contributed by atoms with Crippen molar-refractivity contribution in [1.29, 1.82) is 0 Å². The van der Waals surface area contributed by atoms with Gasteiger partial charge in [0.2, 0.25) is 5.91 Å². The average Bonchev–Trinajstić information content (AvgIpc) is 3.23. The third kappa shape index (κ3) is 3.95. The summed E-state index contributed by atoms with van der Waals surface area (Å²) in [6, 6.07) is 8.12. The molecule has 26 heavy (non-hydrogen) atoms. The highest BCUT2D eigenvalue weighted by Crippen LogP contribution is 2.26. The number of aromatic amines is 1. The molecule has 0 aliphatic heterocycles. The van der Waals surface area contributed by atoms with E-state index in [1.807, 2.05) is 0 Å². The van der Waals surface area contributed by atoms with Crippen LogP contribution in [0.15, 0.2) is 41.9 Å². The summed E-state index contributed by atoms with van der Waals surface area (Å²) in [7, 11) is 0. The summed E-state index contributed by atoms with van der Waals surface area (Å²) in [6.07, 6.45) is 1.63. The first kappa shape index (κ1) is 17.4. The fourth-order valence-corrected chi connectivity index (χ4v) is 2.94. The molecule has 0 saturated carbocycles. The van der Waals surface area contributed by atoms with E-state index in [9.17, 15) is 14.4 Å². The van der Waals surface area contributed by atoms with Gasteiger partial charge in [-0.05, 0) is 30.3 Å². The second kappa shape index (κ2) is 7.19. The lowest BCUT2D eigenvalue weighted by Crippen LogP contribution is -2.12. The number of nitrogens with zero attached hydrogens (tertiary/aromatic N) is 1. The third-order valence-corrected chi connectivity index (χ3v) is 4.19. The van der Waals surface area contributed by atoms with Crippen LogP contribution in [-0.4, -0.2) is 27.7 Å². The van der Waals surface area contributed by atoms with E-state index in [1.54, 1.807) is 41.9 Å². The number of carbonyl (C=O) groups excluding carboxylic acids is 3. The lowest BCUT2D eigenvalue weighted by molar-refractivity contribution is -0.114. The molecule has 2 aromatic heterocycles. The van der Waals surface area contributed by atoms with Gasteiger partial charge in [0.15, 0.2) is 5.13 Å². The number of nitrogens with one attached hydrogen (secondary N) is 3. The number of hydrogen-bond acceptors (Lipinski definition) is 5. The molecule has 3 aromatic rings. The standard InChI is InChI=1S/C17H15N5O3S/c1-9(23)20-12-4-2-10(3-5-12)16(25)22-17-21-14(8-26-17)11-6-13(15(18)24)19-7-11/h2-8,19H,1H3,(H2,18,24)(H,20,23)(H,21,22,25). The Hall–Kier alpha value is -3.46. The summed E-state index contributed by atoms with van der Waals surface area (Å²) in [5.74, 6) is -1.04. The van der Waals surface area contributed by atoms with Crippen molar-refractivity contribution in [2.45, 2.75) is 6.92 Å². The SMILES string of the molecule is CC(=O)Nc1ccc(C(=O)Nc2nc(-c3c[nH]c(C(N)=O)c3)cs2)cc1. The van der Waals surface area contributed by atoms with Crippen LogP contribution in [0.4, 0.5) is 10.8 Å². The van der Waals surface area contributed by atoms with E-state index in [2.05, 4.69) is 20.6 Å². The molecule has 2 heterocycles. The molecule has 0 radical (unpaired) electrons. The van der Waals surface area contributed by atoms with Crippen molar-refractivity contribution >= 4 is 39.9 Å². The Kier molecular flexibility index (Phi) is 4.81. The van der Waals surface area contributed by atoms with Crippen molar-refractivity contribution in [3.63, 3.8) is 0 Å². The van der Waals surface area contributed by atoms with Gasteiger partial charge < -0.3 is 16.0 Å². The summed E-state index contributed by atoms with van der Waals surface area (Å²) in [4.78, 5) is 41.5. The molecule has 0 saturated heterocycles. The van der Waals surface area contributed by atoms with Crippen molar-refractivity contribution < 1.29 is 14.4 Å². The maximum absolute atomic E-state index is 12.3. The molecule has 3 rings (SSSR count). The number of primary amides is 1. The highest BCUT2D eigenvalue weighted by molar-refractivity contribution is 7.14. The van der Waals surface area contributed by atoms with Crippen molar-refractivity contribution in [2.75, 3.05) is 10.6 Å². The van der Waals surface area contributed by atoms with Crippen molar-refractivity contribution in [3.05, 3.63) is 53.2 Å². The number of benzene rings is 1. The normalized spacial score (nSPS) is 10.3. The first-order valence-electron chi connectivity index (χ1n) is 7.55. The van der Waals surface area contributed by atoms with Gasteiger partial charge in [-0.15, -0.1) is 11.3 Å². The number of rotatable bonds is 5. The lowest BCUT2D eigenvalue weighted by Gasteiger charge is -2.04. The number of hydrogen-bond donors (Lipinski definition) is 4. The Balaban J connectivity index is 1.69. The van der Waals surface area contributed by atoms with Gasteiger partial charge in [-0.3, -0.25) is 19.7 Å². The zero-order chi connectivity index (χ0) is 18.7. The van der Waals surface area contributed by atoms with Crippen LogP contribution in [0.3, 0.4) is 0 Å². The summed E-state index contributed by atoms with van der Waals surface area (Å²) in [5, 5.41) is 7.55. The predicted octanol–water partition coefficient (Wildman–Crippen LogP) is 2.45. The molecular formula is C17H15N5O3S. The Morgan fingerprint density at radius 3 is 2.50 bits per heavy atom. The van der Waals surface area contributed by atoms with E-state index in [1.165, 1.54) is 18.3 Å². The maximum atomic E-state index is 12.3. The smallest absolute Gasteiger partial charge is 0.265 e. The van der Waals surface area contributed by atoms with Gasteiger partial charge >= 0.3 is 0 Å². The van der Waals surface area contributed by atoms with Gasteiger partial charge in [0.1, 0.15) is 5.69 Å². The molecule has 0 aliphatic carbocycles. The van der Waals surface area contributed by atoms with E-state index in [0.29, 0.717) is 27.6 Å². The molecule has 0 unspecified atom stereocenters. The van der Waals surface area contributed by atoms with Gasteiger partial charge in [-0.25, -0.2) is 4.98 Å². The van der Waals surface area contributed by atoms with Gasteiger partial charge in [0, 0.05) is 35.3 Å². The highest BCUT2D eigenvalue weighted by Gasteiger charge is 2.12. The molecule has 1 aromatic carbocycles. The third-order valence-electron chi connectivity index (χ3n) is 3.44. The fourth-order valence-electron chi connectivity index (χ4n) is 2.23. The Labute approximate surface area is 152 Å². The molecule has 0 bridgehead atoms. The lowest BCUT2D eigenvalue weighted by atomic mass is 10.2. The van der Waals surface area contributed by atoms with Crippen LogP contribution in [0.2, 0.25) is 0 Å². The van der Waals surface area contributed by atoms with Crippen molar-refractivity contribution in [3.8, 4) is 11.3 Å². The minimum Gasteiger partial charge on any atom is -0.364 e. The Morgan fingerprint density at radius 2 is 1.88 bits per heavy atom. The van der Waals surface area contributed by atoms with Gasteiger partial charge in [-0.2, -0.15) is 0 Å². The van der Waals surface area contributed by atoms with E-state index >= 15 is 0 Å². The molecular weight excluding hydrogens is 354 g/mol. The number of anilines is 2.